The molecule has 0 amide bonds. The number of pyridine rings is 1. The molecule has 0 unspecified atom stereocenters. The third-order valence-corrected chi connectivity index (χ3v) is 16.9. The first kappa shape index (κ1) is 32.7. The van der Waals surface area contributed by atoms with Crippen LogP contribution in [0.15, 0.2) is 217 Å². The van der Waals surface area contributed by atoms with E-state index in [0.717, 1.165) is 66.3 Å². The van der Waals surface area contributed by atoms with Crippen LogP contribution in [0.5, 0.6) is 0 Å². The minimum Gasteiger partial charge on any atom is -0.454 e. The maximum Gasteiger partial charge on any atom is 0.179 e. The molecule has 0 N–H and O–H groups in total. The highest BCUT2D eigenvalue weighted by molar-refractivity contribution is 7.20. The van der Waals surface area contributed by atoms with Crippen LogP contribution in [0.25, 0.3) is 77.1 Å². The number of hydrogen-bond donors (Lipinski definition) is 0. The topological polar surface area (TPSA) is 35.9 Å². The van der Waals surface area contributed by atoms with Crippen LogP contribution in [0.3, 0.4) is 0 Å². The zero-order valence-electron chi connectivity index (χ0n) is 31.5. The lowest BCUT2D eigenvalue weighted by atomic mass is 10.1. The zero-order chi connectivity index (χ0) is 38.2. The summed E-state index contributed by atoms with van der Waals surface area (Å²) in [5, 5.41) is 11.0. The van der Waals surface area contributed by atoms with E-state index in [9.17, 15) is 0 Å². The Morgan fingerprint density at radius 1 is 0.379 bits per heavy atom. The van der Waals surface area contributed by atoms with Crippen molar-refractivity contribution in [1.29, 1.82) is 0 Å². The molecule has 272 valence electrons. The molecule has 0 atom stereocenters. The van der Waals surface area contributed by atoms with Crippen LogP contribution in [-0.2, 0) is 0 Å². The van der Waals surface area contributed by atoms with Gasteiger partial charge in [0.05, 0.1) is 33.3 Å². The second kappa shape index (κ2) is 12.8. The standard InChI is InChI=1S/C53H35N3OSi/c1-4-17-37(18-5-1)58(38-19-6-2-7-20-38,39-21-8-3-9-22-39)40-30-31-51-44(35-40)45-33-36(55-46-26-13-10-23-41(46)42-24-11-14-27-47(42)55)34-50(53(45)57-51)56-48-28-15-12-25-43(48)52-49(56)29-16-32-54-52/h1-35H. The molecule has 4 heterocycles. The van der Waals surface area contributed by atoms with Crippen molar-refractivity contribution in [1.82, 2.24) is 14.1 Å². The molecule has 58 heavy (non-hydrogen) atoms. The molecule has 8 aromatic carbocycles. The fourth-order valence-electron chi connectivity index (χ4n) is 9.68. The Morgan fingerprint density at radius 2 is 0.897 bits per heavy atom. The Morgan fingerprint density at radius 3 is 1.50 bits per heavy atom. The van der Waals surface area contributed by atoms with Gasteiger partial charge in [-0.3, -0.25) is 4.98 Å². The number of furan rings is 1. The molecule has 4 aromatic heterocycles. The molecule has 0 spiro atoms. The lowest BCUT2D eigenvalue weighted by Gasteiger charge is -2.34. The summed E-state index contributed by atoms with van der Waals surface area (Å²) in [6, 6.07) is 75.2. The Balaban J connectivity index is 1.24. The van der Waals surface area contributed by atoms with Gasteiger partial charge >= 0.3 is 0 Å². The van der Waals surface area contributed by atoms with Gasteiger partial charge in [0.25, 0.3) is 0 Å². The molecule has 0 saturated heterocycles. The average molecular weight is 758 g/mol. The van der Waals surface area contributed by atoms with E-state index in [2.05, 4.69) is 209 Å². The smallest absolute Gasteiger partial charge is 0.179 e. The van der Waals surface area contributed by atoms with Crippen molar-refractivity contribution in [2.24, 2.45) is 0 Å². The van der Waals surface area contributed by atoms with E-state index in [4.69, 9.17) is 9.40 Å². The van der Waals surface area contributed by atoms with E-state index in [1.807, 2.05) is 12.3 Å². The molecule has 0 saturated carbocycles. The van der Waals surface area contributed by atoms with E-state index in [1.54, 1.807) is 0 Å². The minimum atomic E-state index is -2.82. The highest BCUT2D eigenvalue weighted by Crippen LogP contribution is 2.41. The fourth-order valence-corrected chi connectivity index (χ4v) is 14.5. The summed E-state index contributed by atoms with van der Waals surface area (Å²) in [5.74, 6) is 0. The molecular weight excluding hydrogens is 723 g/mol. The van der Waals surface area contributed by atoms with Gasteiger partial charge in [0.15, 0.2) is 13.7 Å². The highest BCUT2D eigenvalue weighted by atomic mass is 28.3. The lowest BCUT2D eigenvalue weighted by molar-refractivity contribution is 0.666. The Kier molecular flexibility index (Phi) is 7.21. The molecule has 0 aliphatic carbocycles. The first-order valence-electron chi connectivity index (χ1n) is 19.8. The zero-order valence-corrected chi connectivity index (χ0v) is 32.5. The largest absolute Gasteiger partial charge is 0.454 e. The maximum atomic E-state index is 7.10. The van der Waals surface area contributed by atoms with E-state index in [0.29, 0.717) is 0 Å². The lowest BCUT2D eigenvalue weighted by Crippen LogP contribution is -2.74. The second-order valence-electron chi connectivity index (χ2n) is 15.1. The third-order valence-electron chi connectivity index (χ3n) is 12.1. The normalized spacial score (nSPS) is 12.1. The summed E-state index contributed by atoms with van der Waals surface area (Å²) in [5.41, 5.74) is 9.16. The third kappa shape index (κ3) is 4.65. The van der Waals surface area contributed by atoms with Crippen molar-refractivity contribution in [3.05, 3.63) is 212 Å². The number of para-hydroxylation sites is 3. The van der Waals surface area contributed by atoms with Gasteiger partial charge in [0.2, 0.25) is 0 Å². The molecule has 4 nitrogen and oxygen atoms in total. The number of benzene rings is 8. The van der Waals surface area contributed by atoms with Crippen LogP contribution in [0.1, 0.15) is 0 Å². The van der Waals surface area contributed by atoms with Gasteiger partial charge in [-0.15, -0.1) is 0 Å². The van der Waals surface area contributed by atoms with Crippen molar-refractivity contribution < 1.29 is 4.42 Å². The molecule has 0 bridgehead atoms. The van der Waals surface area contributed by atoms with Crippen molar-refractivity contribution >= 4 is 94.5 Å². The van der Waals surface area contributed by atoms with Gasteiger partial charge in [0.1, 0.15) is 5.58 Å². The van der Waals surface area contributed by atoms with Crippen molar-refractivity contribution in [3.63, 3.8) is 0 Å². The van der Waals surface area contributed by atoms with Gasteiger partial charge in [0, 0.05) is 38.8 Å². The van der Waals surface area contributed by atoms with Gasteiger partial charge in [-0.25, -0.2) is 0 Å². The maximum absolute atomic E-state index is 7.10. The number of rotatable bonds is 6. The number of nitrogens with zero attached hydrogens (tertiary/aromatic N) is 3. The average Bonchev–Trinajstić information content (AvgIpc) is 3.95. The second-order valence-corrected chi connectivity index (χ2v) is 18.9. The first-order valence-corrected chi connectivity index (χ1v) is 21.8. The van der Waals surface area contributed by atoms with E-state index in [-0.39, 0.29) is 0 Å². The van der Waals surface area contributed by atoms with Gasteiger partial charge < -0.3 is 13.6 Å². The number of hydrogen-bond acceptors (Lipinski definition) is 2. The van der Waals surface area contributed by atoms with E-state index in [1.165, 1.54) is 31.5 Å². The molecule has 0 aliphatic rings. The summed E-state index contributed by atoms with van der Waals surface area (Å²) in [4.78, 5) is 4.91. The van der Waals surface area contributed by atoms with Crippen LogP contribution in [0, 0.1) is 0 Å². The molecule has 12 rings (SSSR count). The van der Waals surface area contributed by atoms with Gasteiger partial charge in [-0.1, -0.05) is 158 Å². The van der Waals surface area contributed by atoms with Crippen LogP contribution >= 0.6 is 0 Å². The molecule has 12 aromatic rings. The monoisotopic (exact) mass is 757 g/mol. The summed E-state index contributed by atoms with van der Waals surface area (Å²) < 4.78 is 11.9. The number of fused-ring (bicyclic) bond motifs is 9. The number of aromatic nitrogens is 3. The fraction of sp³-hybridized carbons (Fsp3) is 0. The Hall–Kier alpha value is -7.47. The van der Waals surface area contributed by atoms with E-state index < -0.39 is 8.07 Å². The Labute approximate surface area is 335 Å². The first-order chi connectivity index (χ1) is 28.8. The Bertz CT molecular complexity index is 3310. The highest BCUT2D eigenvalue weighted by Gasteiger charge is 2.41. The SMILES string of the molecule is c1ccc([Si](c2ccccc2)(c2ccccc2)c2ccc3oc4c(-n5c6ccccc6c6ncccc65)cc(-n5c6ccccc6c6ccccc65)cc4c3c2)cc1. The molecular formula is C53H35N3OSi. The van der Waals surface area contributed by atoms with Gasteiger partial charge in [-0.05, 0) is 69.3 Å². The molecule has 0 radical (unpaired) electrons. The molecule has 5 heteroatoms. The predicted molar refractivity (Wildman–Crippen MR) is 244 cm³/mol. The van der Waals surface area contributed by atoms with Crippen LogP contribution in [0.4, 0.5) is 0 Å². The predicted octanol–water partition coefficient (Wildman–Crippen LogP) is 10.6. The van der Waals surface area contributed by atoms with Crippen LogP contribution in [-0.4, -0.2) is 22.2 Å². The van der Waals surface area contributed by atoms with Crippen molar-refractivity contribution in [3.8, 4) is 11.4 Å². The van der Waals surface area contributed by atoms with Crippen LogP contribution in [0.2, 0.25) is 0 Å². The van der Waals surface area contributed by atoms with Gasteiger partial charge in [-0.2, -0.15) is 0 Å². The summed E-state index contributed by atoms with van der Waals surface area (Å²) in [7, 11) is -2.82. The summed E-state index contributed by atoms with van der Waals surface area (Å²) in [6.45, 7) is 0. The summed E-state index contributed by atoms with van der Waals surface area (Å²) >= 11 is 0. The van der Waals surface area contributed by atoms with Crippen molar-refractivity contribution in [2.45, 2.75) is 0 Å². The van der Waals surface area contributed by atoms with Crippen molar-refractivity contribution in [2.75, 3.05) is 0 Å². The van der Waals surface area contributed by atoms with Crippen LogP contribution < -0.4 is 20.7 Å². The quantitative estimate of drug-likeness (QED) is 0.125. The van der Waals surface area contributed by atoms with E-state index >= 15 is 0 Å². The molecule has 0 aliphatic heterocycles. The minimum absolute atomic E-state index is 0.842. The molecule has 0 fully saturated rings. The summed E-state index contributed by atoms with van der Waals surface area (Å²) in [6.07, 6.45) is 1.88.